The first-order valence-electron chi connectivity index (χ1n) is 9.45. The number of imidazole rings is 1. The Morgan fingerprint density at radius 3 is 2.77 bits per heavy atom. The summed E-state index contributed by atoms with van der Waals surface area (Å²) in [6.45, 7) is 0.368. The van der Waals surface area contributed by atoms with Crippen LogP contribution in [0.15, 0.2) is 59.9 Å². The van der Waals surface area contributed by atoms with Crippen LogP contribution in [0.5, 0.6) is 0 Å². The van der Waals surface area contributed by atoms with Crippen LogP contribution >= 0.6 is 0 Å². The molecule has 0 aliphatic rings. The predicted octanol–water partition coefficient (Wildman–Crippen LogP) is 2.98. The Bertz CT molecular complexity index is 1480. The summed E-state index contributed by atoms with van der Waals surface area (Å²) in [6.07, 6.45) is 3.25. The van der Waals surface area contributed by atoms with E-state index in [0.717, 1.165) is 6.07 Å². The fourth-order valence-electron chi connectivity index (χ4n) is 3.44. The van der Waals surface area contributed by atoms with Gasteiger partial charge in [0.1, 0.15) is 29.3 Å². The van der Waals surface area contributed by atoms with E-state index in [9.17, 15) is 13.6 Å². The number of nitrogens with one attached hydrogen (secondary N) is 2. The number of hydrogen-bond acceptors (Lipinski definition) is 6. The minimum Gasteiger partial charge on any atom is -0.368 e. The van der Waals surface area contributed by atoms with Gasteiger partial charge in [-0.3, -0.25) is 9.36 Å². The monoisotopic (exact) mass is 419 g/mol. The largest absolute Gasteiger partial charge is 0.368 e. The maximum absolute atomic E-state index is 13.9. The van der Waals surface area contributed by atoms with Crippen LogP contribution in [0, 0.1) is 11.6 Å². The van der Waals surface area contributed by atoms with Crippen LogP contribution in [0.2, 0.25) is 0 Å². The summed E-state index contributed by atoms with van der Waals surface area (Å²) in [7, 11) is 0. The van der Waals surface area contributed by atoms with Crippen molar-refractivity contribution in [3.05, 3.63) is 82.9 Å². The molecule has 0 saturated carbocycles. The summed E-state index contributed by atoms with van der Waals surface area (Å²) in [5.74, 6) is -0.101. The highest BCUT2D eigenvalue weighted by Crippen LogP contribution is 2.17. The van der Waals surface area contributed by atoms with Gasteiger partial charge in [0.2, 0.25) is 0 Å². The summed E-state index contributed by atoms with van der Waals surface area (Å²) >= 11 is 0. The Morgan fingerprint density at radius 2 is 1.90 bits per heavy atom. The number of H-pyrrole nitrogens is 1. The quantitative estimate of drug-likeness (QED) is 0.454. The third kappa shape index (κ3) is 3.48. The molecule has 0 saturated heterocycles. The molecule has 0 atom stereocenters. The number of rotatable bonds is 5. The molecule has 154 valence electrons. The molecule has 31 heavy (non-hydrogen) atoms. The number of hydrogen-bond donors (Lipinski definition) is 2. The number of benzene rings is 2. The van der Waals surface area contributed by atoms with E-state index < -0.39 is 17.2 Å². The van der Waals surface area contributed by atoms with E-state index in [4.69, 9.17) is 0 Å². The first-order chi connectivity index (χ1) is 15.1. The van der Waals surface area contributed by atoms with Gasteiger partial charge in [0.25, 0.3) is 5.56 Å². The topological polar surface area (TPSA) is 101 Å². The Hall–Kier alpha value is -4.21. The van der Waals surface area contributed by atoms with Crippen molar-refractivity contribution in [3.8, 4) is 5.69 Å². The molecule has 0 unspecified atom stereocenters. The number of fused-ring (bicyclic) bond motifs is 2. The molecule has 3 heterocycles. The standard InChI is InChI=1S/C21H15F2N7O/c22-12-2-1-3-14(8-12)30-17(29-16-5-4-13(23)9-15(16)21(30)31)6-7-24-19-18-20(26-10-25-18)28-11-27-19/h1-5,8-11H,6-7H2,(H2,24,25,26,27,28). The highest BCUT2D eigenvalue weighted by Gasteiger charge is 2.14. The zero-order chi connectivity index (χ0) is 21.4. The van der Waals surface area contributed by atoms with Gasteiger partial charge in [-0.25, -0.2) is 28.7 Å². The average molecular weight is 419 g/mol. The van der Waals surface area contributed by atoms with Crippen LogP contribution in [0.3, 0.4) is 0 Å². The van der Waals surface area contributed by atoms with Crippen LogP contribution < -0.4 is 10.9 Å². The third-order valence-corrected chi connectivity index (χ3v) is 4.82. The Balaban J connectivity index is 1.55. The Labute approximate surface area is 173 Å². The highest BCUT2D eigenvalue weighted by molar-refractivity contribution is 5.82. The molecular formula is C21H15F2N7O. The predicted molar refractivity (Wildman–Crippen MR) is 111 cm³/mol. The summed E-state index contributed by atoms with van der Waals surface area (Å²) in [6, 6.07) is 9.47. The van der Waals surface area contributed by atoms with Gasteiger partial charge in [-0.05, 0) is 36.4 Å². The second-order valence-corrected chi connectivity index (χ2v) is 6.81. The van der Waals surface area contributed by atoms with E-state index in [1.165, 1.54) is 47.6 Å². The molecule has 2 aromatic carbocycles. The zero-order valence-electron chi connectivity index (χ0n) is 16.0. The van der Waals surface area contributed by atoms with Crippen LogP contribution in [-0.2, 0) is 6.42 Å². The molecule has 0 radical (unpaired) electrons. The Kier molecular flexibility index (Phi) is 4.58. The van der Waals surface area contributed by atoms with Gasteiger partial charge >= 0.3 is 0 Å². The van der Waals surface area contributed by atoms with Crippen molar-refractivity contribution in [1.82, 2.24) is 29.5 Å². The number of nitrogens with zero attached hydrogens (tertiary/aromatic N) is 5. The number of aromatic amines is 1. The molecule has 8 nitrogen and oxygen atoms in total. The molecule has 0 spiro atoms. The number of halogens is 2. The van der Waals surface area contributed by atoms with Gasteiger partial charge in [-0.2, -0.15) is 0 Å². The van der Waals surface area contributed by atoms with Gasteiger partial charge in [0.15, 0.2) is 11.5 Å². The SMILES string of the molecule is O=c1c2cc(F)ccc2nc(CCNc2ncnc3[nH]cnc23)n1-c1cccc(F)c1. The molecule has 0 bridgehead atoms. The lowest BCUT2D eigenvalue weighted by Gasteiger charge is -2.14. The van der Waals surface area contributed by atoms with Crippen LogP contribution in [-0.4, -0.2) is 36.0 Å². The molecule has 5 aromatic rings. The molecule has 0 fully saturated rings. The molecule has 5 rings (SSSR count). The first-order valence-corrected chi connectivity index (χ1v) is 9.45. The smallest absolute Gasteiger partial charge is 0.266 e. The minimum atomic E-state index is -0.543. The van der Waals surface area contributed by atoms with Crippen molar-refractivity contribution < 1.29 is 8.78 Å². The van der Waals surface area contributed by atoms with Crippen LogP contribution in [0.4, 0.5) is 14.6 Å². The highest BCUT2D eigenvalue weighted by atomic mass is 19.1. The summed E-state index contributed by atoms with van der Waals surface area (Å²) in [5, 5.41) is 3.29. The minimum absolute atomic E-state index is 0.120. The zero-order valence-corrected chi connectivity index (χ0v) is 16.0. The van der Waals surface area contributed by atoms with E-state index in [1.54, 1.807) is 6.07 Å². The average Bonchev–Trinajstić information content (AvgIpc) is 3.24. The lowest BCUT2D eigenvalue weighted by atomic mass is 10.2. The molecule has 0 aliphatic heterocycles. The molecule has 3 aromatic heterocycles. The number of anilines is 1. The molecule has 0 amide bonds. The maximum Gasteiger partial charge on any atom is 0.266 e. The van der Waals surface area contributed by atoms with Crippen LogP contribution in [0.1, 0.15) is 5.82 Å². The van der Waals surface area contributed by atoms with E-state index in [-0.39, 0.29) is 5.39 Å². The van der Waals surface area contributed by atoms with Crippen molar-refractivity contribution in [2.24, 2.45) is 0 Å². The second-order valence-electron chi connectivity index (χ2n) is 6.81. The normalized spacial score (nSPS) is 11.3. The van der Waals surface area contributed by atoms with E-state index in [2.05, 4.69) is 30.2 Å². The van der Waals surface area contributed by atoms with Crippen molar-refractivity contribution in [1.29, 1.82) is 0 Å². The van der Waals surface area contributed by atoms with Gasteiger partial charge < -0.3 is 10.3 Å². The van der Waals surface area contributed by atoms with Gasteiger partial charge in [-0.1, -0.05) is 6.07 Å². The summed E-state index contributed by atoms with van der Waals surface area (Å²) < 4.78 is 28.9. The van der Waals surface area contributed by atoms with E-state index in [1.807, 2.05) is 0 Å². The van der Waals surface area contributed by atoms with Crippen LogP contribution in [0.25, 0.3) is 27.8 Å². The van der Waals surface area contributed by atoms with Crippen molar-refractivity contribution in [2.75, 3.05) is 11.9 Å². The number of aromatic nitrogens is 6. The van der Waals surface area contributed by atoms with E-state index in [0.29, 0.717) is 47.0 Å². The molecule has 2 N–H and O–H groups in total. The fraction of sp³-hybridized carbons (Fsp3) is 0.0952. The van der Waals surface area contributed by atoms with Crippen molar-refractivity contribution >= 4 is 27.9 Å². The molecular weight excluding hydrogens is 404 g/mol. The lowest BCUT2D eigenvalue weighted by Crippen LogP contribution is -2.25. The Morgan fingerprint density at radius 1 is 1.03 bits per heavy atom. The second kappa shape index (κ2) is 7.56. The van der Waals surface area contributed by atoms with Gasteiger partial charge in [-0.15, -0.1) is 0 Å². The van der Waals surface area contributed by atoms with Gasteiger partial charge in [0, 0.05) is 13.0 Å². The lowest BCUT2D eigenvalue weighted by molar-refractivity contribution is 0.625. The third-order valence-electron chi connectivity index (χ3n) is 4.82. The van der Waals surface area contributed by atoms with Crippen molar-refractivity contribution in [2.45, 2.75) is 6.42 Å². The maximum atomic E-state index is 13.9. The molecule has 10 heteroatoms. The summed E-state index contributed by atoms with van der Waals surface area (Å²) in [5.41, 5.74) is 1.40. The fourth-order valence-corrected chi connectivity index (χ4v) is 3.44. The first kappa shape index (κ1) is 18.8. The summed E-state index contributed by atoms with van der Waals surface area (Å²) in [4.78, 5) is 33.1. The van der Waals surface area contributed by atoms with E-state index >= 15 is 0 Å². The van der Waals surface area contributed by atoms with Crippen molar-refractivity contribution in [3.63, 3.8) is 0 Å². The molecule has 0 aliphatic carbocycles. The van der Waals surface area contributed by atoms with Gasteiger partial charge in [0.05, 0.1) is 22.9 Å².